The average molecular weight is 267 g/mol. The SMILES string of the molecule is O=C(Nc1ccccn1)c1ccncc1C#CCCO. The Morgan fingerprint density at radius 3 is 2.95 bits per heavy atom. The third kappa shape index (κ3) is 3.64. The van der Waals surface area contributed by atoms with E-state index in [1.807, 2.05) is 0 Å². The zero-order valence-electron chi connectivity index (χ0n) is 10.7. The van der Waals surface area contributed by atoms with E-state index in [2.05, 4.69) is 27.1 Å². The Morgan fingerprint density at radius 1 is 1.30 bits per heavy atom. The molecule has 0 bridgehead atoms. The Balaban J connectivity index is 2.20. The highest BCUT2D eigenvalue weighted by atomic mass is 16.2. The van der Waals surface area contributed by atoms with Crippen molar-refractivity contribution in [3.05, 3.63) is 54.0 Å². The number of hydrogen-bond acceptors (Lipinski definition) is 4. The number of carbonyl (C=O) groups excluding carboxylic acids is 1. The molecule has 0 aliphatic rings. The molecule has 2 aromatic rings. The molecule has 2 aromatic heterocycles. The lowest BCUT2D eigenvalue weighted by Gasteiger charge is -2.05. The van der Waals surface area contributed by atoms with Gasteiger partial charge in [0.05, 0.1) is 17.7 Å². The summed E-state index contributed by atoms with van der Waals surface area (Å²) in [6.45, 7) is -0.0112. The van der Waals surface area contributed by atoms with Crippen LogP contribution in [0.2, 0.25) is 0 Å². The Hall–Kier alpha value is -2.71. The molecule has 5 nitrogen and oxygen atoms in total. The Labute approximate surface area is 116 Å². The maximum Gasteiger partial charge on any atom is 0.258 e. The second-order valence-electron chi connectivity index (χ2n) is 3.87. The molecule has 0 fully saturated rings. The molecule has 2 heterocycles. The van der Waals surface area contributed by atoms with E-state index in [1.165, 1.54) is 12.4 Å². The van der Waals surface area contributed by atoms with Crippen molar-refractivity contribution in [1.82, 2.24) is 9.97 Å². The lowest BCUT2D eigenvalue weighted by molar-refractivity contribution is 0.102. The molecule has 100 valence electrons. The van der Waals surface area contributed by atoms with Gasteiger partial charge in [-0.15, -0.1) is 0 Å². The zero-order chi connectivity index (χ0) is 14.2. The monoisotopic (exact) mass is 267 g/mol. The Bertz CT molecular complexity index is 645. The summed E-state index contributed by atoms with van der Waals surface area (Å²) in [6.07, 6.45) is 5.02. The molecule has 0 aliphatic carbocycles. The fourth-order valence-corrected chi connectivity index (χ4v) is 1.53. The average Bonchev–Trinajstić information content (AvgIpc) is 2.49. The van der Waals surface area contributed by atoms with Crippen LogP contribution < -0.4 is 5.32 Å². The molecule has 0 spiro atoms. The molecule has 20 heavy (non-hydrogen) atoms. The third-order valence-corrected chi connectivity index (χ3v) is 2.43. The second kappa shape index (κ2) is 7.02. The van der Waals surface area contributed by atoms with Gasteiger partial charge in [-0.25, -0.2) is 4.98 Å². The molecule has 2 rings (SSSR count). The summed E-state index contributed by atoms with van der Waals surface area (Å²) in [5.74, 6) is 5.79. The number of rotatable bonds is 3. The predicted molar refractivity (Wildman–Crippen MR) is 75.0 cm³/mol. The van der Waals surface area contributed by atoms with Gasteiger partial charge in [0.25, 0.3) is 5.91 Å². The molecule has 0 unspecified atom stereocenters. The first kappa shape index (κ1) is 13.7. The number of nitrogens with one attached hydrogen (secondary N) is 1. The van der Waals surface area contributed by atoms with Gasteiger partial charge < -0.3 is 10.4 Å². The van der Waals surface area contributed by atoms with E-state index >= 15 is 0 Å². The molecule has 2 N–H and O–H groups in total. The highest BCUT2D eigenvalue weighted by molar-refractivity contribution is 6.05. The van der Waals surface area contributed by atoms with Crippen molar-refractivity contribution in [3.8, 4) is 11.8 Å². The fourth-order valence-electron chi connectivity index (χ4n) is 1.53. The Morgan fingerprint density at radius 2 is 2.20 bits per heavy atom. The van der Waals surface area contributed by atoms with E-state index in [0.717, 1.165) is 0 Å². The molecule has 0 saturated carbocycles. The summed E-state index contributed by atoms with van der Waals surface area (Å²) >= 11 is 0. The van der Waals surface area contributed by atoms with Crippen molar-refractivity contribution >= 4 is 11.7 Å². The molecule has 0 saturated heterocycles. The van der Waals surface area contributed by atoms with E-state index in [9.17, 15) is 4.79 Å². The lowest BCUT2D eigenvalue weighted by atomic mass is 10.1. The number of amides is 1. The van der Waals surface area contributed by atoms with Gasteiger partial charge in [0.1, 0.15) is 5.82 Å². The normalized spacial score (nSPS) is 9.45. The van der Waals surface area contributed by atoms with Crippen LogP contribution in [0.5, 0.6) is 0 Å². The molecule has 0 radical (unpaired) electrons. The van der Waals surface area contributed by atoms with Crippen molar-refractivity contribution in [2.75, 3.05) is 11.9 Å². The molecule has 5 heteroatoms. The minimum absolute atomic E-state index is 0.0112. The highest BCUT2D eigenvalue weighted by Crippen LogP contribution is 2.09. The van der Waals surface area contributed by atoms with Crippen LogP contribution in [0.25, 0.3) is 0 Å². The molecular weight excluding hydrogens is 254 g/mol. The van der Waals surface area contributed by atoms with Gasteiger partial charge in [-0.3, -0.25) is 9.78 Å². The summed E-state index contributed by atoms with van der Waals surface area (Å²) in [4.78, 5) is 20.2. The molecule has 0 aromatic carbocycles. The minimum atomic E-state index is -0.292. The number of hydrogen-bond donors (Lipinski definition) is 2. The van der Waals surface area contributed by atoms with Gasteiger partial charge in [-0.05, 0) is 18.2 Å². The van der Waals surface area contributed by atoms with Crippen LogP contribution in [0.15, 0.2) is 42.9 Å². The zero-order valence-corrected chi connectivity index (χ0v) is 10.7. The van der Waals surface area contributed by atoms with E-state index in [-0.39, 0.29) is 12.5 Å². The largest absolute Gasteiger partial charge is 0.395 e. The van der Waals surface area contributed by atoms with E-state index < -0.39 is 0 Å². The van der Waals surface area contributed by atoms with Crippen molar-refractivity contribution < 1.29 is 9.90 Å². The van der Waals surface area contributed by atoms with Crippen LogP contribution in [-0.4, -0.2) is 27.6 Å². The van der Waals surface area contributed by atoms with Gasteiger partial charge in [0.15, 0.2) is 0 Å². The van der Waals surface area contributed by atoms with Crippen LogP contribution in [0.3, 0.4) is 0 Å². The number of aliphatic hydroxyl groups excluding tert-OH is 1. The number of aliphatic hydroxyl groups is 1. The first-order valence-corrected chi connectivity index (χ1v) is 6.07. The number of anilines is 1. The van der Waals surface area contributed by atoms with Crippen LogP contribution in [0.1, 0.15) is 22.3 Å². The minimum Gasteiger partial charge on any atom is -0.395 e. The summed E-state index contributed by atoms with van der Waals surface area (Å²) in [5, 5.41) is 11.4. The maximum absolute atomic E-state index is 12.2. The topological polar surface area (TPSA) is 75.1 Å². The second-order valence-corrected chi connectivity index (χ2v) is 3.87. The third-order valence-electron chi connectivity index (χ3n) is 2.43. The van der Waals surface area contributed by atoms with Crippen molar-refractivity contribution in [1.29, 1.82) is 0 Å². The maximum atomic E-state index is 12.2. The summed E-state index contributed by atoms with van der Waals surface area (Å²) in [7, 11) is 0. The van der Waals surface area contributed by atoms with Crippen LogP contribution in [0, 0.1) is 11.8 Å². The van der Waals surface area contributed by atoms with E-state index in [4.69, 9.17) is 5.11 Å². The van der Waals surface area contributed by atoms with E-state index in [0.29, 0.717) is 23.4 Å². The molecule has 1 amide bonds. The Kier molecular flexibility index (Phi) is 4.81. The first-order valence-electron chi connectivity index (χ1n) is 6.07. The van der Waals surface area contributed by atoms with Gasteiger partial charge in [0.2, 0.25) is 0 Å². The predicted octanol–water partition coefficient (Wildman–Crippen LogP) is 1.46. The van der Waals surface area contributed by atoms with Crippen molar-refractivity contribution in [3.63, 3.8) is 0 Å². The number of nitrogens with zero attached hydrogens (tertiary/aromatic N) is 2. The van der Waals surface area contributed by atoms with Gasteiger partial charge in [-0.2, -0.15) is 0 Å². The van der Waals surface area contributed by atoms with Crippen LogP contribution >= 0.6 is 0 Å². The summed E-state index contributed by atoms with van der Waals surface area (Å²) in [6, 6.07) is 6.86. The lowest BCUT2D eigenvalue weighted by Crippen LogP contribution is -2.14. The van der Waals surface area contributed by atoms with Crippen molar-refractivity contribution in [2.24, 2.45) is 0 Å². The van der Waals surface area contributed by atoms with Crippen LogP contribution in [-0.2, 0) is 0 Å². The quantitative estimate of drug-likeness (QED) is 0.826. The van der Waals surface area contributed by atoms with Gasteiger partial charge >= 0.3 is 0 Å². The standard InChI is InChI=1S/C15H13N3O2/c19-10-4-2-5-12-11-16-9-7-13(12)15(20)18-14-6-1-3-8-17-14/h1,3,6-9,11,19H,4,10H2,(H,17,18,20). The molecule has 0 aliphatic heterocycles. The number of carbonyl (C=O) groups is 1. The van der Waals surface area contributed by atoms with Crippen LogP contribution in [0.4, 0.5) is 5.82 Å². The fraction of sp³-hybridized carbons (Fsp3) is 0.133. The van der Waals surface area contributed by atoms with Crippen molar-refractivity contribution in [2.45, 2.75) is 6.42 Å². The summed E-state index contributed by atoms with van der Waals surface area (Å²) < 4.78 is 0. The van der Waals surface area contributed by atoms with E-state index in [1.54, 1.807) is 30.5 Å². The first-order chi connectivity index (χ1) is 9.81. The highest BCUT2D eigenvalue weighted by Gasteiger charge is 2.10. The molecule has 0 atom stereocenters. The summed E-state index contributed by atoms with van der Waals surface area (Å²) in [5.41, 5.74) is 0.950. The number of aromatic nitrogens is 2. The van der Waals surface area contributed by atoms with Gasteiger partial charge in [-0.1, -0.05) is 17.9 Å². The number of pyridine rings is 2. The van der Waals surface area contributed by atoms with Gasteiger partial charge in [0, 0.05) is 25.0 Å². The molecular formula is C15H13N3O2. The smallest absolute Gasteiger partial charge is 0.258 e.